The van der Waals surface area contributed by atoms with Crippen LogP contribution in [0, 0.1) is 17.1 Å². The summed E-state index contributed by atoms with van der Waals surface area (Å²) in [7, 11) is 0. The predicted molar refractivity (Wildman–Crippen MR) is 126 cm³/mol. The van der Waals surface area contributed by atoms with Crippen LogP contribution >= 0.6 is 0 Å². The van der Waals surface area contributed by atoms with Crippen LogP contribution in [-0.4, -0.2) is 16.8 Å². The van der Waals surface area contributed by atoms with Gasteiger partial charge in [-0.25, -0.2) is 4.39 Å². The van der Waals surface area contributed by atoms with E-state index in [0.29, 0.717) is 22.4 Å². The second-order valence-electron chi connectivity index (χ2n) is 7.94. The fourth-order valence-corrected chi connectivity index (χ4v) is 4.25. The van der Waals surface area contributed by atoms with E-state index in [2.05, 4.69) is 0 Å². The van der Waals surface area contributed by atoms with E-state index in [9.17, 15) is 19.1 Å². The molecule has 4 aromatic rings. The molecule has 34 heavy (non-hydrogen) atoms. The highest BCUT2D eigenvalue weighted by atomic mass is 19.1. The molecular weight excluding hydrogens is 431 g/mol. The van der Waals surface area contributed by atoms with E-state index in [1.54, 1.807) is 36.4 Å². The van der Waals surface area contributed by atoms with E-state index in [-0.39, 0.29) is 11.3 Å². The maximum absolute atomic E-state index is 13.7. The number of aliphatic hydroxyl groups is 1. The summed E-state index contributed by atoms with van der Waals surface area (Å²) in [4.78, 5) is 27.6. The second-order valence-corrected chi connectivity index (χ2v) is 7.94. The van der Waals surface area contributed by atoms with Crippen LogP contribution in [0.2, 0.25) is 0 Å². The summed E-state index contributed by atoms with van der Waals surface area (Å²) < 4.78 is 13.7. The van der Waals surface area contributed by atoms with Gasteiger partial charge in [-0.05, 0) is 58.8 Å². The van der Waals surface area contributed by atoms with Crippen LogP contribution in [0.15, 0.2) is 96.6 Å². The molecule has 0 spiro atoms. The van der Waals surface area contributed by atoms with Crippen molar-refractivity contribution in [1.29, 1.82) is 5.26 Å². The lowest BCUT2D eigenvalue weighted by molar-refractivity contribution is -0.132. The Bertz CT molecular complexity index is 1520. The molecule has 1 aliphatic rings. The molecule has 0 aromatic heterocycles. The molecule has 0 aliphatic carbocycles. The summed E-state index contributed by atoms with van der Waals surface area (Å²) in [5, 5.41) is 22.2. The number of rotatable bonds is 3. The Morgan fingerprint density at radius 3 is 2.24 bits per heavy atom. The Morgan fingerprint density at radius 2 is 1.56 bits per heavy atom. The zero-order valence-electron chi connectivity index (χ0n) is 17.8. The minimum atomic E-state index is -0.972. The van der Waals surface area contributed by atoms with Crippen molar-refractivity contribution in [2.75, 3.05) is 4.90 Å². The van der Waals surface area contributed by atoms with Crippen molar-refractivity contribution in [3.05, 3.63) is 119 Å². The Hall–Kier alpha value is -4.76. The SMILES string of the molecule is N#Cc1ccc(N2C(=O)C(=O)/C(=C(\O)c3ccc4ccccc4c3)C2c2ccc(F)cc2)cc1. The van der Waals surface area contributed by atoms with Gasteiger partial charge in [0.1, 0.15) is 11.6 Å². The van der Waals surface area contributed by atoms with Crippen LogP contribution in [0.1, 0.15) is 22.7 Å². The number of hydrogen-bond donors (Lipinski definition) is 1. The number of benzene rings is 4. The van der Waals surface area contributed by atoms with Crippen molar-refractivity contribution >= 4 is 33.9 Å². The molecule has 0 radical (unpaired) electrons. The summed E-state index contributed by atoms with van der Waals surface area (Å²) in [6.45, 7) is 0. The number of carbonyl (C=O) groups is 2. The van der Waals surface area contributed by atoms with Crippen LogP contribution in [0.4, 0.5) is 10.1 Å². The Kier molecular flexibility index (Phi) is 5.15. The highest BCUT2D eigenvalue weighted by Crippen LogP contribution is 2.42. The first-order chi connectivity index (χ1) is 16.5. The van der Waals surface area contributed by atoms with Gasteiger partial charge in [0, 0.05) is 11.3 Å². The molecule has 1 heterocycles. The van der Waals surface area contributed by atoms with E-state index in [1.165, 1.54) is 29.2 Å². The number of carbonyl (C=O) groups excluding carboxylic acids is 2. The van der Waals surface area contributed by atoms with Crippen LogP contribution in [0.3, 0.4) is 0 Å². The molecule has 6 heteroatoms. The zero-order chi connectivity index (χ0) is 23.8. The van der Waals surface area contributed by atoms with Crippen molar-refractivity contribution in [3.8, 4) is 6.07 Å². The molecule has 1 fully saturated rings. The molecule has 5 rings (SSSR count). The summed E-state index contributed by atoms with van der Waals surface area (Å²) in [6, 6.07) is 25.6. The largest absolute Gasteiger partial charge is 0.507 e. The lowest BCUT2D eigenvalue weighted by Crippen LogP contribution is -2.29. The van der Waals surface area contributed by atoms with E-state index >= 15 is 0 Å². The monoisotopic (exact) mass is 448 g/mol. The smallest absolute Gasteiger partial charge is 0.300 e. The van der Waals surface area contributed by atoms with Crippen molar-refractivity contribution < 1.29 is 19.1 Å². The third kappa shape index (κ3) is 3.50. The molecule has 164 valence electrons. The third-order valence-corrected chi connectivity index (χ3v) is 5.93. The molecule has 1 amide bonds. The molecule has 1 saturated heterocycles. The van der Waals surface area contributed by atoms with E-state index < -0.39 is 23.5 Å². The lowest BCUT2D eigenvalue weighted by atomic mass is 9.94. The number of amides is 1. The topological polar surface area (TPSA) is 81.4 Å². The quantitative estimate of drug-likeness (QED) is 0.256. The van der Waals surface area contributed by atoms with E-state index in [0.717, 1.165) is 10.8 Å². The number of hydrogen-bond acceptors (Lipinski definition) is 4. The molecule has 1 N–H and O–H groups in total. The first-order valence-corrected chi connectivity index (χ1v) is 10.5. The fourth-order valence-electron chi connectivity index (χ4n) is 4.25. The number of nitrogens with zero attached hydrogens (tertiary/aromatic N) is 2. The lowest BCUT2D eigenvalue weighted by Gasteiger charge is -2.25. The van der Waals surface area contributed by atoms with Crippen molar-refractivity contribution in [2.45, 2.75) is 6.04 Å². The van der Waals surface area contributed by atoms with Gasteiger partial charge < -0.3 is 5.11 Å². The molecule has 0 bridgehead atoms. The number of ketones is 1. The number of aliphatic hydroxyl groups excluding tert-OH is 1. The normalized spacial score (nSPS) is 17.2. The average molecular weight is 448 g/mol. The van der Waals surface area contributed by atoms with Gasteiger partial charge in [0.2, 0.25) is 0 Å². The minimum Gasteiger partial charge on any atom is -0.507 e. The molecule has 1 aliphatic heterocycles. The van der Waals surface area contributed by atoms with Gasteiger partial charge in [-0.3, -0.25) is 14.5 Å². The molecule has 1 atom stereocenters. The van der Waals surface area contributed by atoms with Gasteiger partial charge in [0.15, 0.2) is 0 Å². The third-order valence-electron chi connectivity index (χ3n) is 5.93. The Labute approximate surface area is 194 Å². The average Bonchev–Trinajstić information content (AvgIpc) is 3.14. The number of anilines is 1. The Morgan fingerprint density at radius 1 is 0.882 bits per heavy atom. The van der Waals surface area contributed by atoms with Crippen molar-refractivity contribution in [1.82, 2.24) is 0 Å². The van der Waals surface area contributed by atoms with Gasteiger partial charge in [-0.15, -0.1) is 0 Å². The second kappa shape index (κ2) is 8.30. The zero-order valence-corrected chi connectivity index (χ0v) is 17.8. The fraction of sp³-hybridized carbons (Fsp3) is 0.0357. The van der Waals surface area contributed by atoms with Gasteiger partial charge in [-0.2, -0.15) is 5.26 Å². The van der Waals surface area contributed by atoms with Crippen molar-refractivity contribution in [3.63, 3.8) is 0 Å². The van der Waals surface area contributed by atoms with Gasteiger partial charge >= 0.3 is 0 Å². The number of fused-ring (bicyclic) bond motifs is 1. The van der Waals surface area contributed by atoms with E-state index in [4.69, 9.17) is 5.26 Å². The van der Waals surface area contributed by atoms with Gasteiger partial charge in [0.25, 0.3) is 11.7 Å². The highest BCUT2D eigenvalue weighted by Gasteiger charge is 2.47. The summed E-state index contributed by atoms with van der Waals surface area (Å²) in [6.07, 6.45) is 0. The van der Waals surface area contributed by atoms with Crippen LogP contribution in [-0.2, 0) is 9.59 Å². The highest BCUT2D eigenvalue weighted by molar-refractivity contribution is 6.51. The molecule has 0 saturated carbocycles. The molecular formula is C28H17FN2O3. The molecule has 1 unspecified atom stereocenters. The van der Waals surface area contributed by atoms with Gasteiger partial charge in [-0.1, -0.05) is 48.5 Å². The van der Waals surface area contributed by atoms with Crippen LogP contribution in [0.5, 0.6) is 0 Å². The number of Topliss-reactive ketones (excluding diaryl/α,β-unsaturated/α-hetero) is 1. The first kappa shape index (κ1) is 21.1. The summed E-state index contributed by atoms with van der Waals surface area (Å²) in [5.74, 6) is -2.44. The standard InChI is InChI=1S/C28H17FN2O3/c29-22-11-9-19(10-12-22)25-24(26(32)21-8-7-18-3-1-2-4-20(18)15-21)27(33)28(34)31(25)23-13-5-17(16-30)6-14-23/h1-15,25,32H/b26-24-. The van der Waals surface area contributed by atoms with Crippen LogP contribution in [0.25, 0.3) is 16.5 Å². The van der Waals surface area contributed by atoms with Gasteiger partial charge in [0.05, 0.1) is 23.2 Å². The maximum atomic E-state index is 13.7. The Balaban J connectivity index is 1.71. The minimum absolute atomic E-state index is 0.0868. The van der Waals surface area contributed by atoms with Crippen LogP contribution < -0.4 is 4.90 Å². The molecule has 4 aromatic carbocycles. The summed E-state index contributed by atoms with van der Waals surface area (Å²) in [5.41, 5.74) is 1.55. The number of nitriles is 1. The number of halogens is 1. The first-order valence-electron chi connectivity index (χ1n) is 10.5. The van der Waals surface area contributed by atoms with E-state index in [1.807, 2.05) is 36.4 Å². The summed E-state index contributed by atoms with van der Waals surface area (Å²) >= 11 is 0. The predicted octanol–water partition coefficient (Wildman–Crippen LogP) is 5.48. The van der Waals surface area contributed by atoms with Crippen molar-refractivity contribution in [2.24, 2.45) is 0 Å². The molecule has 5 nitrogen and oxygen atoms in total. The maximum Gasteiger partial charge on any atom is 0.300 e.